The predicted molar refractivity (Wildman–Crippen MR) is 70.8 cm³/mol. The molecule has 0 fully saturated rings. The van der Waals surface area contributed by atoms with Gasteiger partial charge in [-0.15, -0.1) is 0 Å². The van der Waals surface area contributed by atoms with Crippen molar-refractivity contribution in [3.05, 3.63) is 41.5 Å². The summed E-state index contributed by atoms with van der Waals surface area (Å²) in [7, 11) is 0. The summed E-state index contributed by atoms with van der Waals surface area (Å²) in [5.41, 5.74) is 2.17. The highest BCUT2D eigenvalue weighted by Crippen LogP contribution is 2.15. The number of nitrogens with zero attached hydrogens (tertiary/aromatic N) is 2. The van der Waals surface area contributed by atoms with Gasteiger partial charge in [-0.2, -0.15) is 0 Å². The van der Waals surface area contributed by atoms with Crippen LogP contribution in [0, 0.1) is 6.92 Å². The van der Waals surface area contributed by atoms with Gasteiger partial charge in [-0.3, -0.25) is 9.78 Å². The highest BCUT2D eigenvalue weighted by molar-refractivity contribution is 5.99. The molecular formula is C13H16N4O2. The van der Waals surface area contributed by atoms with Crippen molar-refractivity contribution in [1.29, 1.82) is 0 Å². The first-order valence-corrected chi connectivity index (χ1v) is 6.09. The van der Waals surface area contributed by atoms with Gasteiger partial charge in [0.1, 0.15) is 0 Å². The molecule has 2 N–H and O–H groups in total. The summed E-state index contributed by atoms with van der Waals surface area (Å²) in [5, 5.41) is 9.50. The largest absolute Gasteiger partial charge is 0.385 e. The molecule has 2 aromatic rings. The van der Waals surface area contributed by atoms with Crippen LogP contribution in [0.4, 0.5) is 5.69 Å². The molecular weight excluding hydrogens is 244 g/mol. The maximum absolute atomic E-state index is 12.1. The second-order valence-electron chi connectivity index (χ2n) is 4.06. The lowest BCUT2D eigenvalue weighted by Crippen LogP contribution is -2.24. The third kappa shape index (κ3) is 3.31. The van der Waals surface area contributed by atoms with Gasteiger partial charge in [0.25, 0.3) is 5.91 Å². The number of anilines is 1. The molecule has 0 aromatic carbocycles. The van der Waals surface area contributed by atoms with Crippen molar-refractivity contribution >= 4 is 11.6 Å². The summed E-state index contributed by atoms with van der Waals surface area (Å²) in [6.07, 6.45) is 3.11. The van der Waals surface area contributed by atoms with E-state index in [0.29, 0.717) is 17.9 Å². The Bertz CT molecular complexity index is 552. The first-order chi connectivity index (χ1) is 9.20. The lowest BCUT2D eigenvalue weighted by molar-refractivity contribution is 0.0947. The van der Waals surface area contributed by atoms with Gasteiger partial charge in [-0.25, -0.2) is 0 Å². The minimum absolute atomic E-state index is 0.195. The first kappa shape index (κ1) is 13.1. The fourth-order valence-corrected chi connectivity index (χ4v) is 1.67. The molecule has 0 saturated carbocycles. The van der Waals surface area contributed by atoms with Crippen molar-refractivity contribution in [2.75, 3.05) is 11.9 Å². The highest BCUT2D eigenvalue weighted by atomic mass is 16.5. The topological polar surface area (TPSA) is 80.0 Å². The fourth-order valence-electron chi connectivity index (χ4n) is 1.67. The van der Waals surface area contributed by atoms with E-state index in [-0.39, 0.29) is 5.91 Å². The molecule has 0 aliphatic heterocycles. The normalized spacial score (nSPS) is 10.2. The average molecular weight is 260 g/mol. The van der Waals surface area contributed by atoms with Crippen molar-refractivity contribution in [1.82, 2.24) is 15.5 Å². The molecule has 2 aromatic heterocycles. The van der Waals surface area contributed by atoms with Gasteiger partial charge in [-0.1, -0.05) is 5.16 Å². The van der Waals surface area contributed by atoms with E-state index < -0.39 is 0 Å². The monoisotopic (exact) mass is 260 g/mol. The molecule has 0 aliphatic rings. The quantitative estimate of drug-likeness (QED) is 0.856. The van der Waals surface area contributed by atoms with Gasteiger partial charge in [0.2, 0.25) is 0 Å². The minimum Gasteiger partial charge on any atom is -0.385 e. The molecule has 100 valence electrons. The van der Waals surface area contributed by atoms with Crippen LogP contribution in [0.2, 0.25) is 0 Å². The number of amides is 1. The van der Waals surface area contributed by atoms with E-state index in [1.54, 1.807) is 18.5 Å². The number of nitrogens with one attached hydrogen (secondary N) is 2. The van der Waals surface area contributed by atoms with Gasteiger partial charge >= 0.3 is 0 Å². The van der Waals surface area contributed by atoms with Gasteiger partial charge in [-0.05, 0) is 19.9 Å². The SMILES string of the molecule is CCNc1cc(C)ncc1C(=O)NCc1ccno1. The van der Waals surface area contributed by atoms with Gasteiger partial charge in [0.15, 0.2) is 5.76 Å². The van der Waals surface area contributed by atoms with E-state index in [2.05, 4.69) is 20.8 Å². The van der Waals surface area contributed by atoms with Crippen molar-refractivity contribution in [3.8, 4) is 0 Å². The van der Waals surface area contributed by atoms with Crippen molar-refractivity contribution in [2.45, 2.75) is 20.4 Å². The molecule has 19 heavy (non-hydrogen) atoms. The van der Waals surface area contributed by atoms with Gasteiger partial charge in [0.05, 0.1) is 24.0 Å². The first-order valence-electron chi connectivity index (χ1n) is 6.09. The summed E-state index contributed by atoms with van der Waals surface area (Å²) in [6.45, 7) is 4.91. The van der Waals surface area contributed by atoms with Crippen molar-refractivity contribution < 1.29 is 9.32 Å². The van der Waals surface area contributed by atoms with Crippen molar-refractivity contribution in [3.63, 3.8) is 0 Å². The second kappa shape index (κ2) is 5.99. The van der Waals surface area contributed by atoms with Crippen LogP contribution in [-0.4, -0.2) is 22.6 Å². The third-order valence-corrected chi connectivity index (χ3v) is 2.57. The zero-order valence-electron chi connectivity index (χ0n) is 10.9. The molecule has 2 rings (SSSR count). The Morgan fingerprint density at radius 3 is 3.00 bits per heavy atom. The third-order valence-electron chi connectivity index (χ3n) is 2.57. The van der Waals surface area contributed by atoms with Crippen molar-refractivity contribution in [2.24, 2.45) is 0 Å². The maximum atomic E-state index is 12.1. The van der Waals surface area contributed by atoms with E-state index in [1.807, 2.05) is 19.9 Å². The smallest absolute Gasteiger partial charge is 0.255 e. The van der Waals surface area contributed by atoms with Crippen LogP contribution in [0.15, 0.2) is 29.0 Å². The van der Waals surface area contributed by atoms with Gasteiger partial charge < -0.3 is 15.2 Å². The predicted octanol–water partition coefficient (Wildman–Crippen LogP) is 1.74. The number of hydrogen-bond donors (Lipinski definition) is 2. The molecule has 0 spiro atoms. The highest BCUT2D eigenvalue weighted by Gasteiger charge is 2.12. The Morgan fingerprint density at radius 2 is 2.32 bits per heavy atom. The zero-order valence-corrected chi connectivity index (χ0v) is 10.9. The number of aromatic nitrogens is 2. The van der Waals surface area contributed by atoms with E-state index in [4.69, 9.17) is 4.52 Å². The van der Waals surface area contributed by atoms with Crippen LogP contribution >= 0.6 is 0 Å². The van der Waals surface area contributed by atoms with Crippen LogP contribution < -0.4 is 10.6 Å². The molecule has 6 nitrogen and oxygen atoms in total. The van der Waals surface area contributed by atoms with E-state index in [9.17, 15) is 4.79 Å². The molecule has 0 atom stereocenters. The Balaban J connectivity index is 2.09. The lowest BCUT2D eigenvalue weighted by atomic mass is 10.2. The van der Waals surface area contributed by atoms with Crippen LogP contribution in [0.1, 0.15) is 28.7 Å². The van der Waals surface area contributed by atoms with Crippen LogP contribution in [0.3, 0.4) is 0 Å². The molecule has 0 unspecified atom stereocenters. The summed E-state index contributed by atoms with van der Waals surface area (Å²) in [4.78, 5) is 16.2. The van der Waals surface area contributed by atoms with E-state index in [0.717, 1.165) is 17.9 Å². The Kier molecular flexibility index (Phi) is 4.12. The van der Waals surface area contributed by atoms with Crippen LogP contribution in [0.5, 0.6) is 0 Å². The molecule has 0 bridgehead atoms. The Morgan fingerprint density at radius 1 is 1.47 bits per heavy atom. The average Bonchev–Trinajstić information content (AvgIpc) is 2.90. The minimum atomic E-state index is -0.195. The van der Waals surface area contributed by atoms with Gasteiger partial charge in [0, 0.05) is 24.5 Å². The van der Waals surface area contributed by atoms with Crippen LogP contribution in [-0.2, 0) is 6.54 Å². The molecule has 0 saturated heterocycles. The number of carbonyl (C=O) groups excluding carboxylic acids is 1. The second-order valence-corrected chi connectivity index (χ2v) is 4.06. The molecule has 6 heteroatoms. The molecule has 2 heterocycles. The van der Waals surface area contributed by atoms with Crippen LogP contribution in [0.25, 0.3) is 0 Å². The summed E-state index contributed by atoms with van der Waals surface area (Å²) in [6, 6.07) is 3.56. The fraction of sp³-hybridized carbons (Fsp3) is 0.308. The summed E-state index contributed by atoms with van der Waals surface area (Å²) in [5.74, 6) is 0.415. The molecule has 1 amide bonds. The number of hydrogen-bond acceptors (Lipinski definition) is 5. The lowest BCUT2D eigenvalue weighted by Gasteiger charge is -2.10. The molecule has 0 radical (unpaired) electrons. The molecule has 0 aliphatic carbocycles. The zero-order chi connectivity index (χ0) is 13.7. The Labute approximate surface area is 111 Å². The number of aryl methyl sites for hydroxylation is 1. The maximum Gasteiger partial charge on any atom is 0.255 e. The van der Waals surface area contributed by atoms with E-state index >= 15 is 0 Å². The summed E-state index contributed by atoms with van der Waals surface area (Å²) < 4.78 is 4.92. The number of rotatable bonds is 5. The number of pyridine rings is 1. The standard InChI is InChI=1S/C13H16N4O2/c1-3-14-12-6-9(2)15-8-11(12)13(18)16-7-10-4-5-17-19-10/h4-6,8H,3,7H2,1-2H3,(H,14,15)(H,16,18). The Hall–Kier alpha value is -2.37. The number of carbonyl (C=O) groups is 1. The summed E-state index contributed by atoms with van der Waals surface area (Å²) >= 11 is 0. The van der Waals surface area contributed by atoms with E-state index in [1.165, 1.54) is 0 Å².